The molecule has 4 heteroatoms. The Bertz CT molecular complexity index is 545. The monoisotopic (exact) mass is 294 g/mol. The molecule has 0 amide bonds. The van der Waals surface area contributed by atoms with E-state index in [1.165, 1.54) is 10.8 Å². The van der Waals surface area contributed by atoms with Crippen LogP contribution >= 0.6 is 12.4 Å². The average Bonchev–Trinajstić information content (AvgIpc) is 2.45. The van der Waals surface area contributed by atoms with Crippen LogP contribution in [0.5, 0.6) is 5.75 Å². The van der Waals surface area contributed by atoms with Crippen LogP contribution in [0.15, 0.2) is 36.4 Å². The van der Waals surface area contributed by atoms with Gasteiger partial charge < -0.3 is 16.2 Å². The molecule has 0 aliphatic rings. The molecule has 0 radical (unpaired) electrons. The number of nitrogens with two attached hydrogens (primary N) is 2. The van der Waals surface area contributed by atoms with Crippen molar-refractivity contribution in [2.24, 2.45) is 11.5 Å². The molecule has 0 heterocycles. The number of hydrogen-bond donors (Lipinski definition) is 2. The summed E-state index contributed by atoms with van der Waals surface area (Å²) in [5.41, 5.74) is 13.0. The van der Waals surface area contributed by atoms with Gasteiger partial charge in [0.1, 0.15) is 5.75 Å². The highest BCUT2D eigenvalue weighted by atomic mass is 35.5. The van der Waals surface area contributed by atoms with Gasteiger partial charge in [0.05, 0.1) is 6.61 Å². The largest absolute Gasteiger partial charge is 0.494 e. The summed E-state index contributed by atoms with van der Waals surface area (Å²) in [5, 5.41) is 2.38. The summed E-state index contributed by atoms with van der Waals surface area (Å²) < 4.78 is 5.73. The number of ether oxygens (including phenoxy) is 1. The molecule has 0 spiro atoms. The molecule has 0 saturated heterocycles. The summed E-state index contributed by atoms with van der Waals surface area (Å²) in [4.78, 5) is 0. The fourth-order valence-electron chi connectivity index (χ4n) is 2.42. The molecule has 2 aromatic rings. The van der Waals surface area contributed by atoms with Crippen molar-refractivity contribution in [1.82, 2.24) is 0 Å². The molecule has 110 valence electrons. The van der Waals surface area contributed by atoms with Crippen LogP contribution in [0.1, 0.15) is 31.4 Å². The van der Waals surface area contributed by atoms with Gasteiger partial charge in [-0.25, -0.2) is 0 Å². The Kier molecular flexibility index (Phi) is 6.79. The van der Waals surface area contributed by atoms with E-state index in [2.05, 4.69) is 18.2 Å². The molecular weight excluding hydrogens is 272 g/mol. The second kappa shape index (κ2) is 8.10. The third-order valence-corrected chi connectivity index (χ3v) is 3.32. The minimum absolute atomic E-state index is 0. The van der Waals surface area contributed by atoms with Crippen molar-refractivity contribution in [2.45, 2.75) is 25.8 Å². The molecule has 20 heavy (non-hydrogen) atoms. The second-order valence-electron chi connectivity index (χ2n) is 4.67. The zero-order chi connectivity index (χ0) is 13.7. The molecule has 0 aliphatic heterocycles. The maximum absolute atomic E-state index is 6.34. The van der Waals surface area contributed by atoms with E-state index in [0.717, 1.165) is 24.2 Å². The zero-order valence-electron chi connectivity index (χ0n) is 11.8. The highest BCUT2D eigenvalue weighted by molar-refractivity contribution is 5.88. The van der Waals surface area contributed by atoms with E-state index in [9.17, 15) is 0 Å². The highest BCUT2D eigenvalue weighted by Gasteiger charge is 2.15. The quantitative estimate of drug-likeness (QED) is 0.858. The van der Waals surface area contributed by atoms with Crippen molar-refractivity contribution in [3.63, 3.8) is 0 Å². The summed E-state index contributed by atoms with van der Waals surface area (Å²) >= 11 is 0. The molecule has 0 aromatic heterocycles. The topological polar surface area (TPSA) is 61.3 Å². The number of benzene rings is 2. The fourth-order valence-corrected chi connectivity index (χ4v) is 2.42. The van der Waals surface area contributed by atoms with Crippen LogP contribution in [-0.4, -0.2) is 13.2 Å². The average molecular weight is 295 g/mol. The highest BCUT2D eigenvalue weighted by Crippen LogP contribution is 2.33. The maximum Gasteiger partial charge on any atom is 0.124 e. The Morgan fingerprint density at radius 3 is 2.60 bits per heavy atom. The summed E-state index contributed by atoms with van der Waals surface area (Å²) in [6, 6.07) is 12.4. The third-order valence-electron chi connectivity index (χ3n) is 3.32. The van der Waals surface area contributed by atoms with E-state index in [1.54, 1.807) is 0 Å². The number of hydrogen-bond acceptors (Lipinski definition) is 3. The van der Waals surface area contributed by atoms with Crippen LogP contribution < -0.4 is 16.2 Å². The van der Waals surface area contributed by atoms with Crippen LogP contribution in [0.4, 0.5) is 0 Å². The molecular formula is C16H23ClN2O. The zero-order valence-corrected chi connectivity index (χ0v) is 12.7. The Morgan fingerprint density at radius 2 is 1.90 bits per heavy atom. The number of halogens is 1. The normalized spacial score (nSPS) is 11.9. The van der Waals surface area contributed by atoms with Gasteiger partial charge in [0, 0.05) is 11.6 Å². The smallest absolute Gasteiger partial charge is 0.124 e. The second-order valence-corrected chi connectivity index (χ2v) is 4.67. The van der Waals surface area contributed by atoms with E-state index < -0.39 is 0 Å². The molecule has 0 bridgehead atoms. The third kappa shape index (κ3) is 3.63. The lowest BCUT2D eigenvalue weighted by atomic mass is 9.95. The lowest BCUT2D eigenvalue weighted by molar-refractivity contribution is 0.334. The van der Waals surface area contributed by atoms with Crippen molar-refractivity contribution in [1.29, 1.82) is 0 Å². The van der Waals surface area contributed by atoms with E-state index in [0.29, 0.717) is 13.2 Å². The van der Waals surface area contributed by atoms with E-state index in [-0.39, 0.29) is 18.4 Å². The Balaban J connectivity index is 0.00000200. The number of fused-ring (bicyclic) bond motifs is 1. The first-order valence-corrected chi connectivity index (χ1v) is 6.88. The van der Waals surface area contributed by atoms with Crippen LogP contribution in [0.3, 0.4) is 0 Å². The van der Waals surface area contributed by atoms with Crippen LogP contribution in [0, 0.1) is 0 Å². The molecule has 1 atom stereocenters. The lowest BCUT2D eigenvalue weighted by Gasteiger charge is -2.19. The SMILES string of the molecule is CCOc1ccc2ccccc2c1[C@@H](N)CCCN.Cl. The molecule has 0 fully saturated rings. The molecule has 0 aliphatic carbocycles. The minimum Gasteiger partial charge on any atom is -0.494 e. The fraction of sp³-hybridized carbons (Fsp3) is 0.375. The standard InChI is InChI=1S/C16H22N2O.ClH/c1-2-19-15-10-9-12-6-3-4-7-13(12)16(15)14(18)8-5-11-17;/h3-4,6-7,9-10,14H,2,5,8,11,17-18H2,1H3;1H/t14-;/m0./s1. The molecule has 0 saturated carbocycles. The van der Waals surface area contributed by atoms with Crippen molar-refractivity contribution in [2.75, 3.05) is 13.2 Å². The summed E-state index contributed by atoms with van der Waals surface area (Å²) in [5.74, 6) is 0.894. The minimum atomic E-state index is -0.0313. The molecule has 0 unspecified atom stereocenters. The van der Waals surface area contributed by atoms with Gasteiger partial charge in [0.15, 0.2) is 0 Å². The first-order chi connectivity index (χ1) is 9.27. The maximum atomic E-state index is 6.34. The van der Waals surface area contributed by atoms with Gasteiger partial charge in [-0.05, 0) is 43.1 Å². The Labute approximate surface area is 126 Å². The van der Waals surface area contributed by atoms with Crippen LogP contribution in [0.2, 0.25) is 0 Å². The molecule has 2 aromatic carbocycles. The first-order valence-electron chi connectivity index (χ1n) is 6.88. The predicted molar refractivity (Wildman–Crippen MR) is 87.6 cm³/mol. The summed E-state index contributed by atoms with van der Waals surface area (Å²) in [7, 11) is 0. The predicted octanol–water partition coefficient (Wildman–Crippen LogP) is 3.40. The van der Waals surface area contributed by atoms with Gasteiger partial charge in [0.25, 0.3) is 0 Å². The first kappa shape index (κ1) is 16.8. The van der Waals surface area contributed by atoms with Crippen LogP contribution in [-0.2, 0) is 0 Å². The molecule has 2 rings (SSSR count). The van der Waals surface area contributed by atoms with Crippen molar-refractivity contribution in [3.05, 3.63) is 42.0 Å². The van der Waals surface area contributed by atoms with Gasteiger partial charge in [-0.1, -0.05) is 30.3 Å². The van der Waals surface area contributed by atoms with Gasteiger partial charge in [0.2, 0.25) is 0 Å². The summed E-state index contributed by atoms with van der Waals surface area (Å²) in [6.45, 7) is 3.31. The van der Waals surface area contributed by atoms with E-state index >= 15 is 0 Å². The van der Waals surface area contributed by atoms with Gasteiger partial charge in [-0.2, -0.15) is 0 Å². The lowest BCUT2D eigenvalue weighted by Crippen LogP contribution is -2.14. The van der Waals surface area contributed by atoms with Crippen molar-refractivity contribution in [3.8, 4) is 5.75 Å². The van der Waals surface area contributed by atoms with Crippen LogP contribution in [0.25, 0.3) is 10.8 Å². The molecule has 4 N–H and O–H groups in total. The van der Waals surface area contributed by atoms with Gasteiger partial charge in [-0.3, -0.25) is 0 Å². The van der Waals surface area contributed by atoms with E-state index in [4.69, 9.17) is 16.2 Å². The Morgan fingerprint density at radius 1 is 1.15 bits per heavy atom. The van der Waals surface area contributed by atoms with Gasteiger partial charge >= 0.3 is 0 Å². The van der Waals surface area contributed by atoms with Gasteiger partial charge in [-0.15, -0.1) is 12.4 Å². The van der Waals surface area contributed by atoms with Crippen molar-refractivity contribution >= 4 is 23.2 Å². The number of rotatable bonds is 6. The molecule has 3 nitrogen and oxygen atoms in total. The van der Waals surface area contributed by atoms with Crippen molar-refractivity contribution < 1.29 is 4.74 Å². The summed E-state index contributed by atoms with van der Waals surface area (Å²) in [6.07, 6.45) is 1.81. The van der Waals surface area contributed by atoms with E-state index in [1.807, 2.05) is 25.1 Å². The Hall–Kier alpha value is -1.29.